The molecule has 1 aromatic heterocycles. The monoisotopic (exact) mass is 275 g/mol. The molecule has 0 radical (unpaired) electrons. The SMILES string of the molecule is Cc1ccc(-c2nn(CC(O)CO)c(N)c2C=O)cc1. The average Bonchev–Trinajstić information content (AvgIpc) is 2.76. The fraction of sp³-hybridized carbons (Fsp3) is 0.286. The third-order valence-electron chi connectivity index (χ3n) is 3.07. The molecule has 0 saturated carbocycles. The number of aldehydes is 1. The highest BCUT2D eigenvalue weighted by Gasteiger charge is 2.18. The zero-order valence-corrected chi connectivity index (χ0v) is 11.2. The van der Waals surface area contributed by atoms with Crippen LogP contribution in [0.15, 0.2) is 24.3 Å². The van der Waals surface area contributed by atoms with Crippen LogP contribution >= 0.6 is 0 Å². The van der Waals surface area contributed by atoms with E-state index in [2.05, 4.69) is 5.10 Å². The standard InChI is InChI=1S/C14H17N3O3/c1-9-2-4-10(5-3-9)13-12(8-19)14(15)17(16-13)6-11(20)7-18/h2-5,8,11,18,20H,6-7,15H2,1H3. The largest absolute Gasteiger partial charge is 0.394 e. The van der Waals surface area contributed by atoms with Gasteiger partial charge in [-0.3, -0.25) is 4.79 Å². The van der Waals surface area contributed by atoms with Gasteiger partial charge in [0.25, 0.3) is 0 Å². The minimum absolute atomic E-state index is 0.0367. The van der Waals surface area contributed by atoms with E-state index < -0.39 is 12.7 Å². The highest BCUT2D eigenvalue weighted by atomic mass is 16.3. The van der Waals surface area contributed by atoms with Gasteiger partial charge >= 0.3 is 0 Å². The van der Waals surface area contributed by atoms with Crippen LogP contribution in [0.2, 0.25) is 0 Å². The molecule has 20 heavy (non-hydrogen) atoms. The molecular weight excluding hydrogens is 258 g/mol. The van der Waals surface area contributed by atoms with Gasteiger partial charge in [-0.2, -0.15) is 5.10 Å². The zero-order valence-electron chi connectivity index (χ0n) is 11.2. The average molecular weight is 275 g/mol. The normalized spacial score (nSPS) is 12.3. The summed E-state index contributed by atoms with van der Waals surface area (Å²) in [5.74, 6) is 0.183. The molecule has 2 rings (SSSR count). The molecule has 1 heterocycles. The maximum atomic E-state index is 11.2. The quantitative estimate of drug-likeness (QED) is 0.694. The number of hydrogen-bond donors (Lipinski definition) is 3. The number of anilines is 1. The molecule has 0 aliphatic carbocycles. The van der Waals surface area contributed by atoms with Crippen molar-refractivity contribution < 1.29 is 15.0 Å². The van der Waals surface area contributed by atoms with Crippen molar-refractivity contribution in [3.63, 3.8) is 0 Å². The van der Waals surface area contributed by atoms with Gasteiger partial charge in [-0.25, -0.2) is 4.68 Å². The molecule has 0 amide bonds. The van der Waals surface area contributed by atoms with E-state index in [9.17, 15) is 9.90 Å². The Kier molecular flexibility index (Phi) is 4.16. The Balaban J connectivity index is 2.45. The van der Waals surface area contributed by atoms with Gasteiger partial charge in [0.1, 0.15) is 11.5 Å². The van der Waals surface area contributed by atoms with E-state index in [1.807, 2.05) is 31.2 Å². The summed E-state index contributed by atoms with van der Waals surface area (Å²) in [6.07, 6.45) is -0.318. The van der Waals surface area contributed by atoms with Crippen molar-refractivity contribution in [2.24, 2.45) is 0 Å². The maximum absolute atomic E-state index is 11.2. The molecule has 4 N–H and O–H groups in total. The predicted octanol–water partition coefficient (Wildman–Crippen LogP) is 0.606. The number of carbonyl (C=O) groups is 1. The molecule has 0 aliphatic heterocycles. The third-order valence-corrected chi connectivity index (χ3v) is 3.07. The van der Waals surface area contributed by atoms with Gasteiger partial charge in [0.2, 0.25) is 0 Å². The summed E-state index contributed by atoms with van der Waals surface area (Å²) in [7, 11) is 0. The van der Waals surface area contributed by atoms with Crippen LogP contribution in [0.1, 0.15) is 15.9 Å². The van der Waals surface area contributed by atoms with Crippen LogP contribution in [0.3, 0.4) is 0 Å². The van der Waals surface area contributed by atoms with E-state index in [4.69, 9.17) is 10.8 Å². The molecular formula is C14H17N3O3. The summed E-state index contributed by atoms with van der Waals surface area (Å²) in [4.78, 5) is 11.2. The number of nitrogens with zero attached hydrogens (tertiary/aromatic N) is 2. The highest BCUT2D eigenvalue weighted by molar-refractivity contribution is 5.91. The molecule has 1 unspecified atom stereocenters. The van der Waals surface area contributed by atoms with Crippen molar-refractivity contribution >= 4 is 12.1 Å². The van der Waals surface area contributed by atoms with E-state index >= 15 is 0 Å². The Morgan fingerprint density at radius 2 is 2.05 bits per heavy atom. The summed E-state index contributed by atoms with van der Waals surface area (Å²) in [6, 6.07) is 7.55. The lowest BCUT2D eigenvalue weighted by atomic mass is 10.1. The number of rotatable bonds is 5. The Morgan fingerprint density at radius 1 is 1.40 bits per heavy atom. The predicted molar refractivity (Wildman–Crippen MR) is 75.3 cm³/mol. The number of aryl methyl sites for hydroxylation is 1. The molecule has 0 fully saturated rings. The topological polar surface area (TPSA) is 101 Å². The van der Waals surface area contributed by atoms with Crippen molar-refractivity contribution in [2.45, 2.75) is 19.6 Å². The van der Waals surface area contributed by atoms with Crippen molar-refractivity contribution in [3.05, 3.63) is 35.4 Å². The van der Waals surface area contributed by atoms with E-state index in [1.54, 1.807) is 0 Å². The van der Waals surface area contributed by atoms with Crippen LogP contribution in [-0.2, 0) is 6.54 Å². The van der Waals surface area contributed by atoms with Gasteiger partial charge in [0.05, 0.1) is 24.8 Å². The highest BCUT2D eigenvalue weighted by Crippen LogP contribution is 2.26. The lowest BCUT2D eigenvalue weighted by molar-refractivity contribution is 0.0788. The first-order chi connectivity index (χ1) is 9.56. The Bertz CT molecular complexity index is 605. The first-order valence-electron chi connectivity index (χ1n) is 6.24. The third kappa shape index (κ3) is 2.71. The Morgan fingerprint density at radius 3 is 2.60 bits per heavy atom. The van der Waals surface area contributed by atoms with Gasteiger partial charge in [0.15, 0.2) is 6.29 Å². The Labute approximate surface area is 116 Å². The number of aromatic nitrogens is 2. The van der Waals surface area contributed by atoms with Crippen LogP contribution in [0.5, 0.6) is 0 Å². The van der Waals surface area contributed by atoms with Crippen molar-refractivity contribution in [3.8, 4) is 11.3 Å². The summed E-state index contributed by atoms with van der Waals surface area (Å²) >= 11 is 0. The summed E-state index contributed by atoms with van der Waals surface area (Å²) in [5.41, 5.74) is 8.51. The number of benzene rings is 1. The number of nitrogen functional groups attached to an aromatic ring is 1. The maximum Gasteiger partial charge on any atom is 0.156 e. The summed E-state index contributed by atoms with van der Waals surface area (Å²) in [5, 5.41) is 22.6. The number of carbonyl (C=O) groups excluding carboxylic acids is 1. The fourth-order valence-corrected chi connectivity index (χ4v) is 1.93. The first kappa shape index (κ1) is 14.2. The van der Waals surface area contributed by atoms with E-state index in [1.165, 1.54) is 4.68 Å². The van der Waals surface area contributed by atoms with Gasteiger partial charge in [-0.05, 0) is 6.92 Å². The zero-order chi connectivity index (χ0) is 14.7. The van der Waals surface area contributed by atoms with Gasteiger partial charge in [-0.15, -0.1) is 0 Å². The molecule has 0 saturated heterocycles. The van der Waals surface area contributed by atoms with Crippen LogP contribution in [-0.4, -0.2) is 39.0 Å². The van der Waals surface area contributed by atoms with Crippen LogP contribution in [0.25, 0.3) is 11.3 Å². The summed E-state index contributed by atoms with van der Waals surface area (Å²) < 4.78 is 1.33. The van der Waals surface area contributed by atoms with E-state index in [0.717, 1.165) is 11.1 Å². The Hall–Kier alpha value is -2.18. The number of aliphatic hydroxyl groups excluding tert-OH is 2. The van der Waals surface area contributed by atoms with Crippen molar-refractivity contribution in [1.82, 2.24) is 9.78 Å². The number of aliphatic hydroxyl groups is 2. The fourth-order valence-electron chi connectivity index (χ4n) is 1.93. The lowest BCUT2D eigenvalue weighted by Gasteiger charge is -2.08. The molecule has 0 bridgehead atoms. The summed E-state index contributed by atoms with van der Waals surface area (Å²) in [6.45, 7) is 1.61. The molecule has 2 aromatic rings. The minimum Gasteiger partial charge on any atom is -0.394 e. The molecule has 0 spiro atoms. The molecule has 1 aromatic carbocycles. The molecule has 6 nitrogen and oxygen atoms in total. The second kappa shape index (κ2) is 5.85. The number of hydrogen-bond acceptors (Lipinski definition) is 5. The van der Waals surface area contributed by atoms with Crippen molar-refractivity contribution in [2.75, 3.05) is 12.3 Å². The van der Waals surface area contributed by atoms with Gasteiger partial charge in [-0.1, -0.05) is 29.8 Å². The second-order valence-corrected chi connectivity index (χ2v) is 4.65. The minimum atomic E-state index is -0.970. The van der Waals surface area contributed by atoms with E-state index in [0.29, 0.717) is 17.5 Å². The van der Waals surface area contributed by atoms with Gasteiger partial charge in [0, 0.05) is 5.56 Å². The lowest BCUT2D eigenvalue weighted by Crippen LogP contribution is -2.21. The van der Waals surface area contributed by atoms with Crippen LogP contribution < -0.4 is 5.73 Å². The number of nitrogens with two attached hydrogens (primary N) is 1. The molecule has 1 atom stereocenters. The first-order valence-corrected chi connectivity index (χ1v) is 6.24. The molecule has 0 aliphatic rings. The van der Waals surface area contributed by atoms with Crippen molar-refractivity contribution in [1.29, 1.82) is 0 Å². The second-order valence-electron chi connectivity index (χ2n) is 4.65. The van der Waals surface area contributed by atoms with E-state index in [-0.39, 0.29) is 12.4 Å². The molecule has 6 heteroatoms. The van der Waals surface area contributed by atoms with Crippen LogP contribution in [0.4, 0.5) is 5.82 Å². The van der Waals surface area contributed by atoms with Gasteiger partial charge < -0.3 is 15.9 Å². The smallest absolute Gasteiger partial charge is 0.156 e. The van der Waals surface area contributed by atoms with Crippen LogP contribution in [0, 0.1) is 6.92 Å². The molecule has 106 valence electrons.